The third-order valence-corrected chi connectivity index (χ3v) is 4.52. The van der Waals surface area contributed by atoms with Gasteiger partial charge in [-0.3, -0.25) is 9.59 Å². The molecule has 0 radical (unpaired) electrons. The molecule has 0 bridgehead atoms. The average Bonchev–Trinajstić information content (AvgIpc) is 2.71. The van der Waals surface area contributed by atoms with Crippen molar-refractivity contribution in [3.63, 3.8) is 0 Å². The van der Waals surface area contributed by atoms with Gasteiger partial charge in [0.2, 0.25) is 5.91 Å². The van der Waals surface area contributed by atoms with Crippen molar-refractivity contribution in [1.29, 1.82) is 0 Å². The van der Waals surface area contributed by atoms with Crippen LogP contribution >= 0.6 is 0 Å². The van der Waals surface area contributed by atoms with E-state index in [2.05, 4.69) is 17.2 Å². The number of nitrogens with zero attached hydrogens (tertiary/aromatic N) is 1. The minimum Gasteiger partial charge on any atom is -0.341 e. The summed E-state index contributed by atoms with van der Waals surface area (Å²) in [5.41, 5.74) is 0.602. The number of carbonyl (C=O) groups excluding carboxylic acids is 2. The van der Waals surface area contributed by atoms with Gasteiger partial charge in [0.25, 0.3) is 5.91 Å². The van der Waals surface area contributed by atoms with Crippen LogP contribution in [0.1, 0.15) is 40.7 Å². The molecule has 0 spiro atoms. The summed E-state index contributed by atoms with van der Waals surface area (Å²) >= 11 is 0. The van der Waals surface area contributed by atoms with Crippen LogP contribution in [-0.4, -0.2) is 24.9 Å². The second-order valence-electron chi connectivity index (χ2n) is 6.61. The maximum atomic E-state index is 12.7. The average molecular weight is 400 g/mol. The molecule has 0 unspecified atom stereocenters. The molecule has 0 aliphatic carbocycles. The fourth-order valence-electron chi connectivity index (χ4n) is 3.01. The molecule has 0 atom stereocenters. The van der Waals surface area contributed by atoms with Crippen LogP contribution in [0.25, 0.3) is 0 Å². The Morgan fingerprint density at radius 3 is 2.55 bits per heavy atom. The quantitative estimate of drug-likeness (QED) is 0.792. The fourth-order valence-corrected chi connectivity index (χ4v) is 3.01. The zero-order chi connectivity index (χ0) is 20.9. The van der Waals surface area contributed by atoms with E-state index in [0.29, 0.717) is 18.5 Å². The zero-order valence-electron chi connectivity index (χ0n) is 15.6. The first kappa shape index (κ1) is 20.5. The summed E-state index contributed by atoms with van der Waals surface area (Å²) in [6, 6.07) is 11.5. The molecule has 1 fully saturated rings. The molecule has 4 nitrogen and oxygen atoms in total. The first-order valence-electron chi connectivity index (χ1n) is 9.19. The number of amides is 2. The fraction of sp³-hybridized carbons (Fsp3) is 0.273. The summed E-state index contributed by atoms with van der Waals surface area (Å²) in [5.74, 6) is 5.15. The van der Waals surface area contributed by atoms with E-state index in [0.717, 1.165) is 30.7 Å². The van der Waals surface area contributed by atoms with E-state index in [1.165, 1.54) is 12.1 Å². The van der Waals surface area contributed by atoms with Crippen LogP contribution in [0, 0.1) is 11.8 Å². The highest BCUT2D eigenvalue weighted by Gasteiger charge is 2.30. The summed E-state index contributed by atoms with van der Waals surface area (Å²) in [6.45, 7) is 0.715. The van der Waals surface area contributed by atoms with Crippen molar-refractivity contribution < 1.29 is 22.8 Å². The van der Waals surface area contributed by atoms with Crippen LogP contribution in [0.2, 0.25) is 0 Å². The van der Waals surface area contributed by atoms with Gasteiger partial charge in [-0.05, 0) is 55.3 Å². The van der Waals surface area contributed by atoms with Crippen molar-refractivity contribution in [3.8, 4) is 11.8 Å². The number of anilines is 1. The van der Waals surface area contributed by atoms with Gasteiger partial charge in [-0.2, -0.15) is 13.2 Å². The molecule has 1 heterocycles. The topological polar surface area (TPSA) is 49.4 Å². The number of piperidine rings is 1. The van der Waals surface area contributed by atoms with E-state index in [-0.39, 0.29) is 18.0 Å². The maximum Gasteiger partial charge on any atom is 0.416 e. The predicted molar refractivity (Wildman–Crippen MR) is 103 cm³/mol. The Morgan fingerprint density at radius 2 is 1.86 bits per heavy atom. The molecule has 1 N–H and O–H groups in total. The van der Waals surface area contributed by atoms with Gasteiger partial charge in [-0.15, -0.1) is 0 Å². The Balaban J connectivity index is 1.56. The summed E-state index contributed by atoms with van der Waals surface area (Å²) in [6.07, 6.45) is -2.03. The molecule has 1 aliphatic rings. The lowest BCUT2D eigenvalue weighted by Crippen LogP contribution is -2.35. The minimum atomic E-state index is -4.50. The van der Waals surface area contributed by atoms with Gasteiger partial charge >= 0.3 is 6.18 Å². The summed E-state index contributed by atoms with van der Waals surface area (Å²) in [4.78, 5) is 25.7. The van der Waals surface area contributed by atoms with Gasteiger partial charge in [0.05, 0.1) is 12.1 Å². The number of halogens is 3. The number of benzene rings is 2. The first-order valence-corrected chi connectivity index (χ1v) is 9.19. The number of hydrogen-bond acceptors (Lipinski definition) is 2. The van der Waals surface area contributed by atoms with Crippen molar-refractivity contribution in [2.45, 2.75) is 25.4 Å². The van der Waals surface area contributed by atoms with Gasteiger partial charge in [0.15, 0.2) is 0 Å². The van der Waals surface area contributed by atoms with E-state index in [1.807, 2.05) is 12.1 Å². The van der Waals surface area contributed by atoms with E-state index in [1.54, 1.807) is 17.0 Å². The minimum absolute atomic E-state index is 0.00143. The molecule has 2 amide bonds. The van der Waals surface area contributed by atoms with Gasteiger partial charge < -0.3 is 10.2 Å². The summed E-state index contributed by atoms with van der Waals surface area (Å²) < 4.78 is 38.2. The lowest BCUT2D eigenvalue weighted by Gasteiger charge is -2.26. The lowest BCUT2D eigenvalue weighted by atomic mass is 10.1. The Hall–Kier alpha value is -3.27. The van der Waals surface area contributed by atoms with Crippen molar-refractivity contribution in [1.82, 2.24) is 5.32 Å². The zero-order valence-corrected chi connectivity index (χ0v) is 15.6. The van der Waals surface area contributed by atoms with E-state index >= 15 is 0 Å². The third kappa shape index (κ3) is 5.38. The molecular weight excluding hydrogens is 381 g/mol. The molecule has 29 heavy (non-hydrogen) atoms. The summed E-state index contributed by atoms with van der Waals surface area (Å²) in [7, 11) is 0. The van der Waals surface area contributed by atoms with E-state index in [4.69, 9.17) is 0 Å². The van der Waals surface area contributed by atoms with Crippen LogP contribution in [0.4, 0.5) is 18.9 Å². The normalized spacial score (nSPS) is 14.2. The molecule has 0 aromatic heterocycles. The second kappa shape index (κ2) is 8.82. The Labute approximate surface area is 166 Å². The molecule has 3 rings (SSSR count). The van der Waals surface area contributed by atoms with Gasteiger partial charge in [-0.25, -0.2) is 0 Å². The molecule has 1 aliphatic heterocycles. The molecule has 0 saturated carbocycles. The van der Waals surface area contributed by atoms with E-state index in [9.17, 15) is 22.8 Å². The van der Waals surface area contributed by atoms with Crippen molar-refractivity contribution >= 4 is 17.5 Å². The predicted octanol–water partition coefficient (Wildman–Crippen LogP) is 4.00. The number of rotatable bonds is 3. The molecule has 2 aromatic rings. The largest absolute Gasteiger partial charge is 0.416 e. The summed E-state index contributed by atoms with van der Waals surface area (Å²) in [5, 5.41) is 2.48. The molecule has 7 heteroatoms. The van der Waals surface area contributed by atoms with Crippen LogP contribution < -0.4 is 10.2 Å². The second-order valence-corrected chi connectivity index (χ2v) is 6.61. The Bertz CT molecular complexity index is 957. The van der Waals surface area contributed by atoms with Crippen molar-refractivity contribution in [2.75, 3.05) is 18.0 Å². The number of hydrogen-bond donors (Lipinski definition) is 1. The Morgan fingerprint density at radius 1 is 1.10 bits per heavy atom. The number of carbonyl (C=O) groups is 2. The standard InChI is InChI=1S/C22H19F3N2O2/c23-22(24,25)18-7-3-6-17(15-18)21(29)26-13-4-5-16-9-11-19(12-10-16)27-14-2-1-8-20(27)28/h3,6-7,9-12,15H,1-2,8,13-14H2,(H,26,29). The highest BCUT2D eigenvalue weighted by Crippen LogP contribution is 2.29. The van der Waals surface area contributed by atoms with Crippen molar-refractivity contribution in [3.05, 3.63) is 65.2 Å². The molecule has 1 saturated heterocycles. The van der Waals surface area contributed by atoms with Gasteiger partial charge in [-0.1, -0.05) is 17.9 Å². The molecule has 2 aromatic carbocycles. The SMILES string of the molecule is O=C(NCC#Cc1ccc(N2CCCCC2=O)cc1)c1cccc(C(F)(F)F)c1. The highest BCUT2D eigenvalue weighted by molar-refractivity contribution is 5.94. The lowest BCUT2D eigenvalue weighted by molar-refractivity contribution is -0.137. The van der Waals surface area contributed by atoms with E-state index < -0.39 is 17.6 Å². The Kier molecular flexibility index (Phi) is 6.23. The number of alkyl halides is 3. The third-order valence-electron chi connectivity index (χ3n) is 4.52. The maximum absolute atomic E-state index is 12.7. The van der Waals surface area contributed by atoms with Crippen molar-refractivity contribution in [2.24, 2.45) is 0 Å². The smallest absolute Gasteiger partial charge is 0.341 e. The van der Waals surface area contributed by atoms with Crippen LogP contribution in [0.5, 0.6) is 0 Å². The first-order chi connectivity index (χ1) is 13.8. The molecular formula is C22H19F3N2O2. The van der Waals surface area contributed by atoms with Gasteiger partial charge in [0, 0.05) is 29.8 Å². The van der Waals surface area contributed by atoms with Crippen LogP contribution in [-0.2, 0) is 11.0 Å². The molecule has 150 valence electrons. The van der Waals surface area contributed by atoms with Crippen LogP contribution in [0.3, 0.4) is 0 Å². The monoisotopic (exact) mass is 400 g/mol. The van der Waals surface area contributed by atoms with Crippen LogP contribution in [0.15, 0.2) is 48.5 Å². The highest BCUT2D eigenvalue weighted by atomic mass is 19.4. The van der Waals surface area contributed by atoms with Gasteiger partial charge in [0.1, 0.15) is 0 Å². The number of nitrogens with one attached hydrogen (secondary N) is 1.